The molecule has 0 spiro atoms. The molecule has 1 aliphatic carbocycles. The molecule has 2 aromatic rings. The first kappa shape index (κ1) is 12.3. The molecule has 1 aliphatic rings. The maximum absolute atomic E-state index is 11.9. The molecule has 5 heteroatoms. The minimum Gasteiger partial charge on any atom is -0.305 e. The Bertz CT molecular complexity index is 643. The highest BCUT2D eigenvalue weighted by molar-refractivity contribution is 14.1. The Balaban J connectivity index is 2.09. The average molecular weight is 372 g/mol. The fraction of sp³-hybridized carbons (Fsp3) is 0.385. The molecule has 0 radical (unpaired) electrons. The van der Waals surface area contributed by atoms with Gasteiger partial charge in [0.1, 0.15) is 3.57 Å². The van der Waals surface area contributed by atoms with Gasteiger partial charge in [0.15, 0.2) is 5.82 Å². The number of aromatic nitrogens is 2. The molecule has 1 fully saturated rings. The van der Waals surface area contributed by atoms with Crippen LogP contribution in [0.1, 0.15) is 36.3 Å². The summed E-state index contributed by atoms with van der Waals surface area (Å²) in [6.45, 7) is 2.13. The SMILES string of the molecule is CCc1ccc(-c2nc(C3CC3)c(I)c(=O)[nH]2)s1. The van der Waals surface area contributed by atoms with Gasteiger partial charge in [0.2, 0.25) is 0 Å². The second-order valence-electron chi connectivity index (χ2n) is 4.51. The number of aryl methyl sites for hydroxylation is 1. The summed E-state index contributed by atoms with van der Waals surface area (Å²) in [6.07, 6.45) is 3.35. The van der Waals surface area contributed by atoms with Gasteiger partial charge in [-0.3, -0.25) is 4.79 Å². The van der Waals surface area contributed by atoms with E-state index in [1.165, 1.54) is 4.88 Å². The highest BCUT2D eigenvalue weighted by Crippen LogP contribution is 2.40. The third-order valence-electron chi connectivity index (χ3n) is 3.10. The van der Waals surface area contributed by atoms with Crippen LogP contribution in [0.4, 0.5) is 0 Å². The second kappa shape index (κ2) is 4.77. The van der Waals surface area contributed by atoms with E-state index in [9.17, 15) is 4.79 Å². The van der Waals surface area contributed by atoms with Crippen molar-refractivity contribution in [2.45, 2.75) is 32.1 Å². The van der Waals surface area contributed by atoms with Gasteiger partial charge >= 0.3 is 0 Å². The van der Waals surface area contributed by atoms with Crippen molar-refractivity contribution in [3.63, 3.8) is 0 Å². The quantitative estimate of drug-likeness (QED) is 0.838. The van der Waals surface area contributed by atoms with Crippen LogP contribution < -0.4 is 5.56 Å². The van der Waals surface area contributed by atoms with Crippen LogP contribution in [0.25, 0.3) is 10.7 Å². The van der Waals surface area contributed by atoms with E-state index < -0.39 is 0 Å². The monoisotopic (exact) mass is 372 g/mol. The van der Waals surface area contributed by atoms with Crippen LogP contribution in [0.15, 0.2) is 16.9 Å². The molecule has 0 aromatic carbocycles. The van der Waals surface area contributed by atoms with Crippen LogP contribution in [0, 0.1) is 3.57 Å². The van der Waals surface area contributed by atoms with Crippen molar-refractivity contribution in [2.24, 2.45) is 0 Å². The van der Waals surface area contributed by atoms with Crippen LogP contribution in [-0.2, 0) is 6.42 Å². The molecule has 0 atom stereocenters. The normalized spacial score (nSPS) is 15.0. The topological polar surface area (TPSA) is 45.8 Å². The summed E-state index contributed by atoms with van der Waals surface area (Å²) < 4.78 is 0.756. The lowest BCUT2D eigenvalue weighted by atomic mass is 10.3. The van der Waals surface area contributed by atoms with E-state index >= 15 is 0 Å². The van der Waals surface area contributed by atoms with Gasteiger partial charge in [-0.1, -0.05) is 6.92 Å². The zero-order valence-corrected chi connectivity index (χ0v) is 13.0. The molecule has 2 aromatic heterocycles. The minimum atomic E-state index is -0.00560. The predicted octanol–water partition coefficient (Wildman–Crippen LogP) is 3.54. The van der Waals surface area contributed by atoms with Crippen molar-refractivity contribution in [3.8, 4) is 10.7 Å². The molecular formula is C13H13IN2OS. The summed E-state index contributed by atoms with van der Waals surface area (Å²) in [6, 6.07) is 4.15. The van der Waals surface area contributed by atoms with Crippen LogP contribution >= 0.6 is 33.9 Å². The zero-order valence-electron chi connectivity index (χ0n) is 10.00. The highest BCUT2D eigenvalue weighted by atomic mass is 127. The Morgan fingerprint density at radius 2 is 2.28 bits per heavy atom. The summed E-state index contributed by atoms with van der Waals surface area (Å²) in [5.74, 6) is 1.23. The molecular weight excluding hydrogens is 359 g/mol. The first-order chi connectivity index (χ1) is 8.69. The van der Waals surface area contributed by atoms with Crippen molar-refractivity contribution in [3.05, 3.63) is 36.6 Å². The van der Waals surface area contributed by atoms with E-state index in [4.69, 9.17) is 0 Å². The molecule has 1 N–H and O–H groups in total. The highest BCUT2D eigenvalue weighted by Gasteiger charge is 2.29. The van der Waals surface area contributed by atoms with Crippen LogP contribution in [-0.4, -0.2) is 9.97 Å². The fourth-order valence-corrected chi connectivity index (χ4v) is 3.50. The Kier molecular flexibility index (Phi) is 3.27. The number of nitrogens with one attached hydrogen (secondary N) is 1. The van der Waals surface area contributed by atoms with E-state index in [2.05, 4.69) is 45.5 Å². The molecule has 0 aliphatic heterocycles. The standard InChI is InChI=1S/C13H13IN2OS/c1-2-8-5-6-9(18-8)12-15-11(7-3-4-7)10(14)13(17)16-12/h5-7H,2-4H2,1H3,(H,15,16,17). The molecule has 0 bridgehead atoms. The number of H-pyrrole nitrogens is 1. The second-order valence-corrected chi connectivity index (χ2v) is 6.75. The summed E-state index contributed by atoms with van der Waals surface area (Å²) in [7, 11) is 0. The fourth-order valence-electron chi connectivity index (χ4n) is 1.92. The molecule has 3 nitrogen and oxygen atoms in total. The molecule has 0 saturated heterocycles. The number of hydrogen-bond acceptors (Lipinski definition) is 3. The van der Waals surface area contributed by atoms with Crippen molar-refractivity contribution < 1.29 is 0 Å². The molecule has 0 unspecified atom stereocenters. The van der Waals surface area contributed by atoms with Gasteiger partial charge in [-0.15, -0.1) is 11.3 Å². The van der Waals surface area contributed by atoms with Crippen LogP contribution in [0.3, 0.4) is 0 Å². The number of rotatable bonds is 3. The van der Waals surface area contributed by atoms with Crippen molar-refractivity contribution in [1.82, 2.24) is 9.97 Å². The summed E-state index contributed by atoms with van der Waals surface area (Å²) in [5.41, 5.74) is 0.981. The Morgan fingerprint density at radius 1 is 1.50 bits per heavy atom. The van der Waals surface area contributed by atoms with E-state index in [1.807, 2.05) is 6.07 Å². The lowest BCUT2D eigenvalue weighted by Crippen LogP contribution is -2.15. The smallest absolute Gasteiger partial charge is 0.264 e. The predicted molar refractivity (Wildman–Crippen MR) is 82.2 cm³/mol. The van der Waals surface area contributed by atoms with Crippen molar-refractivity contribution >= 4 is 33.9 Å². The van der Waals surface area contributed by atoms with Gasteiger partial charge in [0.05, 0.1) is 10.6 Å². The Morgan fingerprint density at radius 3 is 2.89 bits per heavy atom. The molecule has 1 saturated carbocycles. The lowest BCUT2D eigenvalue weighted by molar-refractivity contribution is 0.960. The third kappa shape index (κ3) is 2.25. The number of halogens is 1. The molecule has 2 heterocycles. The maximum Gasteiger partial charge on any atom is 0.264 e. The van der Waals surface area contributed by atoms with Gasteiger partial charge < -0.3 is 4.98 Å². The van der Waals surface area contributed by atoms with Gasteiger partial charge in [-0.2, -0.15) is 0 Å². The molecule has 18 heavy (non-hydrogen) atoms. The number of hydrogen-bond donors (Lipinski definition) is 1. The van der Waals surface area contributed by atoms with Crippen molar-refractivity contribution in [2.75, 3.05) is 0 Å². The van der Waals surface area contributed by atoms with E-state index in [1.54, 1.807) is 11.3 Å². The van der Waals surface area contributed by atoms with Crippen molar-refractivity contribution in [1.29, 1.82) is 0 Å². The van der Waals surface area contributed by atoms with Gasteiger partial charge in [0, 0.05) is 10.8 Å². The first-order valence-electron chi connectivity index (χ1n) is 6.08. The zero-order chi connectivity index (χ0) is 12.7. The van der Waals surface area contributed by atoms with E-state index in [0.717, 1.165) is 39.2 Å². The lowest BCUT2D eigenvalue weighted by Gasteiger charge is -2.03. The molecule has 0 amide bonds. The molecule has 94 valence electrons. The van der Waals surface area contributed by atoms with Crippen LogP contribution in [0.5, 0.6) is 0 Å². The first-order valence-corrected chi connectivity index (χ1v) is 7.97. The summed E-state index contributed by atoms with van der Waals surface area (Å²) in [4.78, 5) is 21.9. The van der Waals surface area contributed by atoms with Crippen LogP contribution in [0.2, 0.25) is 0 Å². The van der Waals surface area contributed by atoms with E-state index in [0.29, 0.717) is 5.92 Å². The summed E-state index contributed by atoms with van der Waals surface area (Å²) in [5, 5.41) is 0. The third-order valence-corrected chi connectivity index (χ3v) is 5.37. The largest absolute Gasteiger partial charge is 0.305 e. The van der Waals surface area contributed by atoms with Gasteiger partial charge in [0.25, 0.3) is 5.56 Å². The number of thiophene rings is 1. The maximum atomic E-state index is 11.9. The minimum absolute atomic E-state index is 0.00560. The molecule has 3 rings (SSSR count). The average Bonchev–Trinajstić information content (AvgIpc) is 3.09. The van der Waals surface area contributed by atoms with Gasteiger partial charge in [-0.05, 0) is 54.0 Å². The number of nitrogens with zero attached hydrogens (tertiary/aromatic N) is 1. The number of aromatic amines is 1. The van der Waals surface area contributed by atoms with E-state index in [-0.39, 0.29) is 5.56 Å². The summed E-state index contributed by atoms with van der Waals surface area (Å²) >= 11 is 3.81. The van der Waals surface area contributed by atoms with Gasteiger partial charge in [-0.25, -0.2) is 4.98 Å². The Labute approximate surface area is 123 Å². The Hall–Kier alpha value is -0.690.